The van der Waals surface area contributed by atoms with Crippen LogP contribution in [0.1, 0.15) is 19.8 Å². The maximum atomic E-state index is 12.2. The second kappa shape index (κ2) is 11.4. The first-order valence-electron chi connectivity index (χ1n) is 6.58. The van der Waals surface area contributed by atoms with Gasteiger partial charge in [0.05, 0.1) is 26.5 Å². The van der Waals surface area contributed by atoms with E-state index in [1.54, 1.807) is 0 Å². The number of nitrogens with zero attached hydrogens (tertiary/aromatic N) is 1. The molecule has 0 aliphatic heterocycles. The van der Waals surface area contributed by atoms with Crippen molar-refractivity contribution < 1.29 is 37.5 Å². The number of carbonyl (C=O) groups is 4. The minimum Gasteiger partial charge on any atom is -0.459 e. The number of hydrogen-bond donors (Lipinski definition) is 1. The van der Waals surface area contributed by atoms with Crippen molar-refractivity contribution in [3.05, 3.63) is 0 Å². The predicted molar refractivity (Wildman–Crippen MR) is 68.6 cm³/mol. The van der Waals surface area contributed by atoms with Gasteiger partial charge in [-0.15, -0.1) is 0 Å². The molecule has 0 radical (unpaired) electrons. The first kappa shape index (κ1) is 19.7. The number of rotatable bonds is 7. The van der Waals surface area contributed by atoms with Gasteiger partial charge in [-0.05, 0) is 19.8 Å². The van der Waals surface area contributed by atoms with Crippen LogP contribution in [0, 0.1) is 0 Å². The molecule has 0 rings (SSSR count). The Bertz CT molecular complexity index is 405. The molecular formula is C12H18F2N2O6. The van der Waals surface area contributed by atoms with Crippen LogP contribution in [-0.4, -0.2) is 61.9 Å². The van der Waals surface area contributed by atoms with Gasteiger partial charge in [0.2, 0.25) is 0 Å². The van der Waals surface area contributed by atoms with Crippen LogP contribution in [0.3, 0.4) is 0 Å². The molecule has 126 valence electrons. The third-order valence-corrected chi connectivity index (χ3v) is 2.15. The molecule has 0 aliphatic rings. The minimum atomic E-state index is -1.48. The predicted octanol–water partition coefficient (Wildman–Crippen LogP) is -0.328. The van der Waals surface area contributed by atoms with Gasteiger partial charge in [-0.1, -0.05) is 0 Å². The van der Waals surface area contributed by atoms with Crippen LogP contribution < -0.4 is 5.32 Å². The molecule has 0 spiro atoms. The van der Waals surface area contributed by atoms with Crippen LogP contribution in [0.2, 0.25) is 0 Å². The molecule has 2 amide bonds. The van der Waals surface area contributed by atoms with Crippen molar-refractivity contribution in [2.24, 2.45) is 0 Å². The molecular weight excluding hydrogens is 306 g/mol. The van der Waals surface area contributed by atoms with Crippen LogP contribution in [-0.2, 0) is 28.8 Å². The summed E-state index contributed by atoms with van der Waals surface area (Å²) >= 11 is 0. The Labute approximate surface area is 125 Å². The van der Waals surface area contributed by atoms with Crippen molar-refractivity contribution >= 4 is 23.8 Å². The van der Waals surface area contributed by atoms with Gasteiger partial charge in [0.1, 0.15) is 0 Å². The molecule has 0 aromatic heterocycles. The molecule has 0 saturated heterocycles. The Balaban J connectivity index is 4.62. The summed E-state index contributed by atoms with van der Waals surface area (Å²) in [6.45, 7) is -0.648. The number of halogens is 2. The fourth-order valence-corrected chi connectivity index (χ4v) is 1.17. The van der Waals surface area contributed by atoms with Gasteiger partial charge in [0.25, 0.3) is 0 Å². The average molecular weight is 324 g/mol. The Hall–Kier alpha value is -2.26. The lowest BCUT2D eigenvalue weighted by molar-refractivity contribution is -0.203. The van der Waals surface area contributed by atoms with E-state index in [1.807, 2.05) is 0 Å². The monoisotopic (exact) mass is 324 g/mol. The summed E-state index contributed by atoms with van der Waals surface area (Å²) in [5.41, 5.74) is 0. The van der Waals surface area contributed by atoms with E-state index in [4.69, 9.17) is 0 Å². The summed E-state index contributed by atoms with van der Waals surface area (Å²) in [6.07, 6.45) is -0.200. The quantitative estimate of drug-likeness (QED) is 0.298. The highest BCUT2D eigenvalue weighted by molar-refractivity contribution is 6.34. The van der Waals surface area contributed by atoms with Gasteiger partial charge in [-0.25, -0.2) is 9.59 Å². The molecule has 10 heteroatoms. The molecule has 1 N–H and O–H groups in total. The number of ether oxygens (including phenoxy) is 1. The maximum Gasteiger partial charge on any atom is 0.421 e. The van der Waals surface area contributed by atoms with Crippen LogP contribution in [0.4, 0.5) is 8.78 Å². The summed E-state index contributed by atoms with van der Waals surface area (Å²) in [5.74, 6) is -5.32. The highest BCUT2D eigenvalue weighted by atomic mass is 19.1. The fraction of sp³-hybridized carbons (Fsp3) is 0.667. The van der Waals surface area contributed by atoms with Gasteiger partial charge in [0.15, 0.2) is 0 Å². The maximum absolute atomic E-state index is 12.2. The van der Waals surface area contributed by atoms with Crippen molar-refractivity contribution in [1.29, 1.82) is 0 Å². The second-order valence-electron chi connectivity index (χ2n) is 3.85. The zero-order chi connectivity index (χ0) is 17.0. The van der Waals surface area contributed by atoms with E-state index < -0.39 is 43.6 Å². The van der Waals surface area contributed by atoms with Crippen LogP contribution in [0.15, 0.2) is 0 Å². The third-order valence-electron chi connectivity index (χ3n) is 2.15. The standard InChI is InChI=1S/C12H18F2N2O6/c1-2-21-12(20)10(18)16(8-4-6-14)22-11(19)9(17)15-7-3-5-13/h2-8H2,1H3,(H,15,17). The van der Waals surface area contributed by atoms with Crippen molar-refractivity contribution in [3.8, 4) is 0 Å². The van der Waals surface area contributed by atoms with E-state index in [1.165, 1.54) is 6.92 Å². The van der Waals surface area contributed by atoms with Crippen molar-refractivity contribution in [2.45, 2.75) is 19.8 Å². The van der Waals surface area contributed by atoms with Crippen LogP contribution in [0.5, 0.6) is 0 Å². The van der Waals surface area contributed by atoms with E-state index in [-0.39, 0.29) is 31.1 Å². The van der Waals surface area contributed by atoms with E-state index in [0.29, 0.717) is 0 Å². The smallest absolute Gasteiger partial charge is 0.421 e. The Morgan fingerprint density at radius 1 is 1.05 bits per heavy atom. The Morgan fingerprint density at radius 2 is 1.68 bits per heavy atom. The van der Waals surface area contributed by atoms with Crippen LogP contribution >= 0.6 is 0 Å². The highest BCUT2D eigenvalue weighted by Crippen LogP contribution is 1.99. The number of hydroxylamine groups is 2. The summed E-state index contributed by atoms with van der Waals surface area (Å²) in [4.78, 5) is 50.1. The van der Waals surface area contributed by atoms with Crippen molar-refractivity contribution in [3.63, 3.8) is 0 Å². The second-order valence-corrected chi connectivity index (χ2v) is 3.85. The van der Waals surface area contributed by atoms with E-state index >= 15 is 0 Å². The first-order valence-corrected chi connectivity index (χ1v) is 6.58. The molecule has 0 atom stereocenters. The molecule has 0 aromatic carbocycles. The van der Waals surface area contributed by atoms with E-state index in [2.05, 4.69) is 14.9 Å². The summed E-state index contributed by atoms with van der Waals surface area (Å²) < 4.78 is 28.4. The Kier molecular flexibility index (Phi) is 10.2. The number of nitrogens with one attached hydrogen (secondary N) is 1. The van der Waals surface area contributed by atoms with Crippen LogP contribution in [0.25, 0.3) is 0 Å². The van der Waals surface area contributed by atoms with E-state index in [9.17, 15) is 28.0 Å². The lowest BCUT2D eigenvalue weighted by atomic mass is 10.4. The lowest BCUT2D eigenvalue weighted by Gasteiger charge is -2.19. The summed E-state index contributed by atoms with van der Waals surface area (Å²) in [6, 6.07) is 0. The van der Waals surface area contributed by atoms with Gasteiger partial charge in [0, 0.05) is 6.54 Å². The fourth-order valence-electron chi connectivity index (χ4n) is 1.17. The molecule has 0 saturated carbocycles. The van der Waals surface area contributed by atoms with Gasteiger partial charge < -0.3 is 14.9 Å². The minimum absolute atomic E-state index is 0.00629. The normalized spacial score (nSPS) is 9.77. The van der Waals surface area contributed by atoms with Crippen molar-refractivity contribution in [2.75, 3.05) is 33.0 Å². The summed E-state index contributed by atoms with van der Waals surface area (Å²) in [5, 5.41) is 2.31. The number of esters is 1. The molecule has 22 heavy (non-hydrogen) atoms. The van der Waals surface area contributed by atoms with Gasteiger partial charge in [-0.2, -0.15) is 5.06 Å². The van der Waals surface area contributed by atoms with Crippen molar-refractivity contribution in [1.82, 2.24) is 10.4 Å². The van der Waals surface area contributed by atoms with Gasteiger partial charge in [-0.3, -0.25) is 18.4 Å². The lowest BCUT2D eigenvalue weighted by Crippen LogP contribution is -2.44. The SMILES string of the molecule is CCOC(=O)C(=O)N(CCCF)OC(=O)C(=O)NCCCF. The average Bonchev–Trinajstić information content (AvgIpc) is 2.50. The van der Waals surface area contributed by atoms with Gasteiger partial charge >= 0.3 is 23.8 Å². The zero-order valence-corrected chi connectivity index (χ0v) is 12.1. The number of amides is 2. The topological polar surface area (TPSA) is 102 Å². The molecule has 0 aliphatic carbocycles. The molecule has 8 nitrogen and oxygen atoms in total. The first-order chi connectivity index (χ1) is 10.5. The molecule has 0 unspecified atom stereocenters. The molecule has 0 aromatic rings. The molecule has 0 fully saturated rings. The third kappa shape index (κ3) is 7.50. The molecule has 0 heterocycles. The summed E-state index contributed by atoms with van der Waals surface area (Å²) in [7, 11) is 0. The largest absolute Gasteiger partial charge is 0.459 e. The number of alkyl halides is 2. The zero-order valence-electron chi connectivity index (χ0n) is 12.1. The highest BCUT2D eigenvalue weighted by Gasteiger charge is 2.29. The Morgan fingerprint density at radius 3 is 2.23 bits per heavy atom. The van der Waals surface area contributed by atoms with E-state index in [0.717, 1.165) is 0 Å². The number of carbonyl (C=O) groups excluding carboxylic acids is 4. The molecule has 0 bridgehead atoms. The number of hydrogen-bond acceptors (Lipinski definition) is 6.